The lowest BCUT2D eigenvalue weighted by Crippen LogP contribution is -2.15. The highest BCUT2D eigenvalue weighted by Crippen LogP contribution is 2.14. The first-order valence-electron chi connectivity index (χ1n) is 5.14. The van der Waals surface area contributed by atoms with Crippen LogP contribution in [0.5, 0.6) is 0 Å². The minimum absolute atomic E-state index is 0.0101. The van der Waals surface area contributed by atoms with Crippen LogP contribution in [0.1, 0.15) is 26.7 Å². The van der Waals surface area contributed by atoms with Crippen LogP contribution in [0.4, 0.5) is 5.82 Å². The lowest BCUT2D eigenvalue weighted by atomic mass is 10.2. The molecule has 6 nitrogen and oxygen atoms in total. The van der Waals surface area contributed by atoms with Crippen LogP contribution < -0.4 is 5.32 Å². The minimum atomic E-state index is -1.16. The second-order valence-corrected chi connectivity index (χ2v) is 3.57. The first-order chi connectivity index (χ1) is 8.58. The molecule has 0 aliphatic rings. The van der Waals surface area contributed by atoms with Gasteiger partial charge in [-0.1, -0.05) is 0 Å². The third-order valence-corrected chi connectivity index (χ3v) is 2.23. The van der Waals surface area contributed by atoms with Crippen LogP contribution in [-0.4, -0.2) is 22.0 Å². The molecule has 92 valence electrons. The standard InChI is InChI=1S/C12H10N2O4/c1-7-4-5-9(18-7)11(15)14-10-8(12(16)17)3-2-6-13-10/h2-6H,1H3,(H,16,17)(H,13,14,15). The van der Waals surface area contributed by atoms with Gasteiger partial charge in [-0.2, -0.15) is 0 Å². The van der Waals surface area contributed by atoms with Crippen LogP contribution in [0, 0.1) is 6.92 Å². The molecule has 0 radical (unpaired) electrons. The molecule has 2 N–H and O–H groups in total. The lowest BCUT2D eigenvalue weighted by Gasteiger charge is -2.05. The summed E-state index contributed by atoms with van der Waals surface area (Å²) in [5.41, 5.74) is -0.0749. The molecule has 2 aromatic rings. The van der Waals surface area contributed by atoms with Gasteiger partial charge in [0.25, 0.3) is 5.91 Å². The summed E-state index contributed by atoms with van der Waals surface area (Å²) in [4.78, 5) is 26.5. The molecule has 0 atom stereocenters. The summed E-state index contributed by atoms with van der Waals surface area (Å²) in [5, 5.41) is 11.3. The number of nitrogens with one attached hydrogen (secondary N) is 1. The van der Waals surface area contributed by atoms with Gasteiger partial charge in [0, 0.05) is 6.20 Å². The van der Waals surface area contributed by atoms with Gasteiger partial charge in [0.15, 0.2) is 5.76 Å². The number of furan rings is 1. The number of rotatable bonds is 3. The van der Waals surface area contributed by atoms with Crippen molar-refractivity contribution in [1.29, 1.82) is 0 Å². The molecule has 6 heteroatoms. The molecule has 0 aliphatic heterocycles. The van der Waals surface area contributed by atoms with E-state index in [4.69, 9.17) is 9.52 Å². The van der Waals surface area contributed by atoms with Crippen molar-refractivity contribution >= 4 is 17.7 Å². The van der Waals surface area contributed by atoms with E-state index >= 15 is 0 Å². The van der Waals surface area contributed by atoms with E-state index in [1.807, 2.05) is 0 Å². The second kappa shape index (κ2) is 4.70. The summed E-state index contributed by atoms with van der Waals surface area (Å²) in [5.74, 6) is -1.00. The number of aromatic carboxylic acids is 1. The maximum Gasteiger partial charge on any atom is 0.339 e. The van der Waals surface area contributed by atoms with Crippen molar-refractivity contribution in [3.63, 3.8) is 0 Å². The Bertz CT molecular complexity index is 604. The minimum Gasteiger partial charge on any atom is -0.478 e. The number of pyridine rings is 1. The Morgan fingerprint density at radius 3 is 2.72 bits per heavy atom. The smallest absolute Gasteiger partial charge is 0.339 e. The summed E-state index contributed by atoms with van der Waals surface area (Å²) in [6.07, 6.45) is 1.40. The highest BCUT2D eigenvalue weighted by atomic mass is 16.4. The van der Waals surface area contributed by atoms with Gasteiger partial charge in [0.05, 0.1) is 0 Å². The number of aryl methyl sites for hydroxylation is 1. The number of hydrogen-bond acceptors (Lipinski definition) is 4. The molecule has 0 saturated heterocycles. The normalized spacial score (nSPS) is 10.1. The van der Waals surface area contributed by atoms with E-state index < -0.39 is 11.9 Å². The molecule has 0 bridgehead atoms. The summed E-state index contributed by atoms with van der Waals surface area (Å²) in [7, 11) is 0. The van der Waals surface area contributed by atoms with E-state index in [0.29, 0.717) is 5.76 Å². The van der Waals surface area contributed by atoms with Gasteiger partial charge in [-0.3, -0.25) is 4.79 Å². The number of hydrogen-bond donors (Lipinski definition) is 2. The molecule has 0 spiro atoms. The maximum absolute atomic E-state index is 11.8. The second-order valence-electron chi connectivity index (χ2n) is 3.57. The highest BCUT2D eigenvalue weighted by molar-refractivity contribution is 6.05. The van der Waals surface area contributed by atoms with Crippen molar-refractivity contribution in [2.75, 3.05) is 5.32 Å². The van der Waals surface area contributed by atoms with Crippen molar-refractivity contribution < 1.29 is 19.1 Å². The van der Waals surface area contributed by atoms with Crippen LogP contribution in [0.2, 0.25) is 0 Å². The number of carbonyl (C=O) groups excluding carboxylic acids is 1. The Morgan fingerprint density at radius 2 is 2.11 bits per heavy atom. The molecule has 18 heavy (non-hydrogen) atoms. The molecule has 0 unspecified atom stereocenters. The molecule has 0 saturated carbocycles. The van der Waals surface area contributed by atoms with Crippen LogP contribution in [0.15, 0.2) is 34.9 Å². The predicted molar refractivity (Wildman–Crippen MR) is 62.6 cm³/mol. The number of carbonyl (C=O) groups is 2. The zero-order valence-electron chi connectivity index (χ0n) is 9.51. The van der Waals surface area contributed by atoms with E-state index in [2.05, 4.69) is 10.3 Å². The topological polar surface area (TPSA) is 92.4 Å². The molecule has 2 rings (SSSR count). The molecule has 1 amide bonds. The van der Waals surface area contributed by atoms with Crippen molar-refractivity contribution in [1.82, 2.24) is 4.98 Å². The van der Waals surface area contributed by atoms with Gasteiger partial charge >= 0.3 is 5.97 Å². The van der Waals surface area contributed by atoms with Gasteiger partial charge in [0.2, 0.25) is 0 Å². The first-order valence-corrected chi connectivity index (χ1v) is 5.14. The number of amides is 1. The Morgan fingerprint density at radius 1 is 1.33 bits per heavy atom. The van der Waals surface area contributed by atoms with Crippen molar-refractivity contribution in [3.8, 4) is 0 Å². The fourth-order valence-corrected chi connectivity index (χ4v) is 1.40. The highest BCUT2D eigenvalue weighted by Gasteiger charge is 2.16. The van der Waals surface area contributed by atoms with E-state index in [1.54, 1.807) is 13.0 Å². The third-order valence-electron chi connectivity index (χ3n) is 2.23. The van der Waals surface area contributed by atoms with E-state index in [9.17, 15) is 9.59 Å². The number of carboxylic acid groups (broad SMARTS) is 1. The summed E-state index contributed by atoms with van der Waals surface area (Å²) in [6, 6.07) is 5.99. The molecule has 0 aliphatic carbocycles. The summed E-state index contributed by atoms with van der Waals surface area (Å²) >= 11 is 0. The molecule has 2 heterocycles. The lowest BCUT2D eigenvalue weighted by molar-refractivity contribution is 0.0697. The van der Waals surface area contributed by atoms with Gasteiger partial charge in [-0.05, 0) is 31.2 Å². The molecular weight excluding hydrogens is 236 g/mol. The fraction of sp³-hybridized carbons (Fsp3) is 0.0833. The van der Waals surface area contributed by atoms with Crippen LogP contribution in [0.25, 0.3) is 0 Å². The maximum atomic E-state index is 11.8. The first kappa shape index (κ1) is 11.8. The monoisotopic (exact) mass is 246 g/mol. The molecule has 0 aromatic carbocycles. The SMILES string of the molecule is Cc1ccc(C(=O)Nc2ncccc2C(=O)O)o1. The number of aromatic nitrogens is 1. The van der Waals surface area contributed by atoms with Gasteiger partial charge in [-0.15, -0.1) is 0 Å². The largest absolute Gasteiger partial charge is 0.478 e. The van der Waals surface area contributed by atoms with Gasteiger partial charge in [0.1, 0.15) is 17.1 Å². The van der Waals surface area contributed by atoms with E-state index in [1.165, 1.54) is 24.4 Å². The van der Waals surface area contributed by atoms with Crippen molar-refractivity contribution in [3.05, 3.63) is 47.5 Å². The van der Waals surface area contributed by atoms with Crippen molar-refractivity contribution in [2.45, 2.75) is 6.92 Å². The summed E-state index contributed by atoms with van der Waals surface area (Å²) in [6.45, 7) is 1.71. The van der Waals surface area contributed by atoms with Crippen LogP contribution in [-0.2, 0) is 0 Å². The number of carboxylic acids is 1. The van der Waals surface area contributed by atoms with E-state index in [-0.39, 0.29) is 17.1 Å². The zero-order chi connectivity index (χ0) is 13.1. The van der Waals surface area contributed by atoms with Crippen LogP contribution >= 0.6 is 0 Å². The summed E-state index contributed by atoms with van der Waals surface area (Å²) < 4.78 is 5.13. The Hall–Kier alpha value is -2.63. The average Bonchev–Trinajstić information content (AvgIpc) is 2.76. The molecule has 2 aromatic heterocycles. The Labute approximate surface area is 102 Å². The van der Waals surface area contributed by atoms with Gasteiger partial charge < -0.3 is 14.8 Å². The zero-order valence-corrected chi connectivity index (χ0v) is 9.51. The molecule has 0 fully saturated rings. The quantitative estimate of drug-likeness (QED) is 0.863. The third kappa shape index (κ3) is 2.37. The predicted octanol–water partition coefficient (Wildman–Crippen LogP) is 1.93. The Balaban J connectivity index is 2.24. The van der Waals surface area contributed by atoms with Crippen molar-refractivity contribution in [2.24, 2.45) is 0 Å². The van der Waals surface area contributed by atoms with Gasteiger partial charge in [-0.25, -0.2) is 9.78 Å². The van der Waals surface area contributed by atoms with E-state index in [0.717, 1.165) is 0 Å². The Kier molecular flexibility index (Phi) is 3.09. The molecular formula is C12H10N2O4. The number of anilines is 1. The van der Waals surface area contributed by atoms with Crippen LogP contribution in [0.3, 0.4) is 0 Å². The number of nitrogens with zero attached hydrogens (tertiary/aromatic N) is 1. The fourth-order valence-electron chi connectivity index (χ4n) is 1.40. The average molecular weight is 246 g/mol.